The van der Waals surface area contributed by atoms with E-state index in [1.807, 2.05) is 6.33 Å². The summed E-state index contributed by atoms with van der Waals surface area (Å²) in [6, 6.07) is 0. The Bertz CT molecular complexity index is 344. The van der Waals surface area contributed by atoms with Crippen molar-refractivity contribution in [2.45, 2.75) is 52.5 Å². The van der Waals surface area contributed by atoms with Crippen LogP contribution in [0.2, 0.25) is 0 Å². The lowest BCUT2D eigenvalue weighted by atomic mass is 10.1. The van der Waals surface area contributed by atoms with Gasteiger partial charge in [0.1, 0.15) is 12.2 Å². The normalized spacial score (nSPS) is 25.1. The summed E-state index contributed by atoms with van der Waals surface area (Å²) in [5.41, 5.74) is 0.521. The van der Waals surface area contributed by atoms with Crippen LogP contribution >= 0.6 is 0 Å². The van der Waals surface area contributed by atoms with Gasteiger partial charge in [0, 0.05) is 11.5 Å². The van der Waals surface area contributed by atoms with E-state index < -0.39 is 0 Å². The van der Waals surface area contributed by atoms with Crippen LogP contribution in [0.25, 0.3) is 0 Å². The summed E-state index contributed by atoms with van der Waals surface area (Å²) >= 11 is 0. The minimum absolute atomic E-state index is 0.0947. The minimum Gasteiger partial charge on any atom is -0.312 e. The number of rotatable bonds is 1. The maximum atomic E-state index is 4.25. The highest BCUT2D eigenvalue weighted by molar-refractivity contribution is 5.16. The summed E-state index contributed by atoms with van der Waals surface area (Å²) in [7, 11) is 0. The van der Waals surface area contributed by atoms with Gasteiger partial charge in [-0.15, -0.1) is 10.2 Å². The van der Waals surface area contributed by atoms with Gasteiger partial charge in [-0.1, -0.05) is 13.8 Å². The lowest BCUT2D eigenvalue weighted by Gasteiger charge is -2.22. The predicted octanol–water partition coefficient (Wildman–Crippen LogP) is 2.55. The highest BCUT2D eigenvalue weighted by Crippen LogP contribution is 2.58. The fraction of sp³-hybridized carbons (Fsp3) is 0.818. The molecule has 1 unspecified atom stereocenters. The number of aromatic nitrogens is 3. The van der Waals surface area contributed by atoms with Gasteiger partial charge >= 0.3 is 0 Å². The van der Waals surface area contributed by atoms with Gasteiger partial charge in [-0.3, -0.25) is 0 Å². The zero-order valence-corrected chi connectivity index (χ0v) is 9.70. The van der Waals surface area contributed by atoms with Crippen molar-refractivity contribution in [3.8, 4) is 0 Å². The monoisotopic (exact) mass is 193 g/mol. The second kappa shape index (κ2) is 2.59. The van der Waals surface area contributed by atoms with Crippen LogP contribution < -0.4 is 0 Å². The zero-order chi connectivity index (χ0) is 10.6. The molecule has 1 saturated carbocycles. The first-order chi connectivity index (χ1) is 6.32. The fourth-order valence-corrected chi connectivity index (χ4v) is 1.91. The molecular weight excluding hydrogens is 174 g/mol. The lowest BCUT2D eigenvalue weighted by Crippen LogP contribution is -2.23. The third-order valence-corrected chi connectivity index (χ3v) is 3.12. The summed E-state index contributed by atoms with van der Waals surface area (Å²) in [6.45, 7) is 11.2. The van der Waals surface area contributed by atoms with Gasteiger partial charge in [0.25, 0.3) is 0 Å². The summed E-state index contributed by atoms with van der Waals surface area (Å²) in [5, 5.41) is 8.28. The number of nitrogens with zero attached hydrogens (tertiary/aromatic N) is 3. The lowest BCUT2D eigenvalue weighted by molar-refractivity contribution is 0.377. The third-order valence-electron chi connectivity index (χ3n) is 3.12. The molecule has 1 atom stereocenters. The molecule has 78 valence electrons. The Morgan fingerprint density at radius 2 is 2.00 bits per heavy atom. The van der Waals surface area contributed by atoms with Gasteiger partial charge in [-0.05, 0) is 32.6 Å². The second-order valence-electron chi connectivity index (χ2n) is 5.98. The molecule has 1 aromatic heterocycles. The maximum Gasteiger partial charge on any atom is 0.136 e. The zero-order valence-electron chi connectivity index (χ0n) is 9.70. The van der Waals surface area contributed by atoms with Gasteiger partial charge in [-0.2, -0.15) is 0 Å². The molecule has 0 spiro atoms. The van der Waals surface area contributed by atoms with Gasteiger partial charge in [0.2, 0.25) is 0 Å². The van der Waals surface area contributed by atoms with Crippen molar-refractivity contribution >= 4 is 0 Å². The topological polar surface area (TPSA) is 30.7 Å². The van der Waals surface area contributed by atoms with Crippen LogP contribution in [0, 0.1) is 5.41 Å². The number of hydrogen-bond donors (Lipinski definition) is 0. The molecule has 0 saturated heterocycles. The molecule has 1 aromatic rings. The van der Waals surface area contributed by atoms with Crippen LogP contribution in [0.1, 0.15) is 52.8 Å². The quantitative estimate of drug-likeness (QED) is 0.686. The Morgan fingerprint density at radius 3 is 2.43 bits per heavy atom. The first kappa shape index (κ1) is 9.69. The van der Waals surface area contributed by atoms with Gasteiger partial charge in [-0.25, -0.2) is 0 Å². The maximum absolute atomic E-state index is 4.25. The van der Waals surface area contributed by atoms with Crippen LogP contribution in [0.5, 0.6) is 0 Å². The van der Waals surface area contributed by atoms with Crippen LogP contribution in [-0.2, 0) is 5.54 Å². The fourth-order valence-electron chi connectivity index (χ4n) is 1.91. The van der Waals surface area contributed by atoms with Crippen LogP contribution in [-0.4, -0.2) is 14.8 Å². The highest BCUT2D eigenvalue weighted by Gasteiger charge is 2.49. The average molecular weight is 193 g/mol. The minimum atomic E-state index is 0.0947. The van der Waals surface area contributed by atoms with E-state index in [0.29, 0.717) is 11.3 Å². The molecule has 2 rings (SSSR count). The van der Waals surface area contributed by atoms with E-state index in [0.717, 1.165) is 5.82 Å². The Hall–Kier alpha value is -0.860. The smallest absolute Gasteiger partial charge is 0.136 e. The van der Waals surface area contributed by atoms with Crippen molar-refractivity contribution < 1.29 is 0 Å². The van der Waals surface area contributed by atoms with Crippen molar-refractivity contribution in [1.29, 1.82) is 0 Å². The SMILES string of the molecule is CC1(C)CC1c1nncn1C(C)(C)C. The van der Waals surface area contributed by atoms with E-state index in [2.05, 4.69) is 49.4 Å². The molecule has 1 fully saturated rings. The Labute approximate surface area is 85.5 Å². The van der Waals surface area contributed by atoms with E-state index in [1.54, 1.807) is 0 Å². The van der Waals surface area contributed by atoms with E-state index in [9.17, 15) is 0 Å². The molecule has 3 heteroatoms. The van der Waals surface area contributed by atoms with Crippen molar-refractivity contribution in [3.05, 3.63) is 12.2 Å². The summed E-state index contributed by atoms with van der Waals surface area (Å²) in [5.74, 6) is 1.76. The number of hydrogen-bond acceptors (Lipinski definition) is 2. The molecule has 0 radical (unpaired) electrons. The Morgan fingerprint density at radius 1 is 1.43 bits per heavy atom. The molecule has 14 heavy (non-hydrogen) atoms. The summed E-state index contributed by atoms with van der Waals surface area (Å²) in [6.07, 6.45) is 3.09. The Balaban J connectivity index is 2.33. The first-order valence-electron chi connectivity index (χ1n) is 5.23. The summed E-state index contributed by atoms with van der Waals surface area (Å²) < 4.78 is 2.20. The molecule has 0 aliphatic heterocycles. The highest BCUT2D eigenvalue weighted by atomic mass is 15.3. The van der Waals surface area contributed by atoms with Crippen LogP contribution in [0.4, 0.5) is 0 Å². The average Bonchev–Trinajstić information content (AvgIpc) is 2.47. The van der Waals surface area contributed by atoms with Crippen LogP contribution in [0.15, 0.2) is 6.33 Å². The standard InChI is InChI=1S/C11H19N3/c1-10(2,3)14-7-12-13-9(14)8-6-11(8,4)5/h7-8H,6H2,1-5H3. The van der Waals surface area contributed by atoms with Gasteiger partial charge < -0.3 is 4.57 Å². The third kappa shape index (κ3) is 1.45. The molecule has 1 aliphatic carbocycles. The van der Waals surface area contributed by atoms with Crippen molar-refractivity contribution in [3.63, 3.8) is 0 Å². The molecule has 0 bridgehead atoms. The van der Waals surface area contributed by atoms with Crippen molar-refractivity contribution in [1.82, 2.24) is 14.8 Å². The second-order valence-corrected chi connectivity index (χ2v) is 5.98. The van der Waals surface area contributed by atoms with E-state index in [4.69, 9.17) is 0 Å². The largest absolute Gasteiger partial charge is 0.312 e. The molecule has 0 N–H and O–H groups in total. The van der Waals surface area contributed by atoms with Gasteiger partial charge in [0.05, 0.1) is 0 Å². The van der Waals surface area contributed by atoms with Gasteiger partial charge in [0.15, 0.2) is 0 Å². The molecule has 0 aromatic carbocycles. The van der Waals surface area contributed by atoms with E-state index in [-0.39, 0.29) is 5.54 Å². The van der Waals surface area contributed by atoms with Crippen molar-refractivity contribution in [2.75, 3.05) is 0 Å². The molecule has 0 amide bonds. The Kier molecular flexibility index (Phi) is 1.79. The molecule has 1 aliphatic rings. The molecular formula is C11H19N3. The van der Waals surface area contributed by atoms with Crippen molar-refractivity contribution in [2.24, 2.45) is 5.41 Å². The van der Waals surface area contributed by atoms with E-state index >= 15 is 0 Å². The first-order valence-corrected chi connectivity index (χ1v) is 5.23. The summed E-state index contributed by atoms with van der Waals surface area (Å²) in [4.78, 5) is 0. The van der Waals surface area contributed by atoms with E-state index in [1.165, 1.54) is 6.42 Å². The predicted molar refractivity (Wildman–Crippen MR) is 56.2 cm³/mol. The molecule has 3 nitrogen and oxygen atoms in total. The van der Waals surface area contributed by atoms with Crippen LogP contribution in [0.3, 0.4) is 0 Å². The molecule has 1 heterocycles.